The molecule has 0 aliphatic heterocycles. The molecule has 0 fully saturated rings. The molecule has 0 saturated carbocycles. The van der Waals surface area contributed by atoms with Crippen molar-refractivity contribution in [1.29, 1.82) is 0 Å². The summed E-state index contributed by atoms with van der Waals surface area (Å²) in [6.45, 7) is 6.73. The van der Waals surface area contributed by atoms with Crippen molar-refractivity contribution in [3.8, 4) is 0 Å². The third kappa shape index (κ3) is 4.60. The molecular formula is C10H16N2O. The fourth-order valence-electron chi connectivity index (χ4n) is 0.837. The summed E-state index contributed by atoms with van der Waals surface area (Å²) in [7, 11) is 0. The summed E-state index contributed by atoms with van der Waals surface area (Å²) in [6.07, 6.45) is 3.54. The first-order valence-electron chi connectivity index (χ1n) is 4.38. The Balaban J connectivity index is 2.29. The van der Waals surface area contributed by atoms with E-state index in [1.165, 1.54) is 5.56 Å². The summed E-state index contributed by atoms with van der Waals surface area (Å²) in [5.74, 6) is 0. The molecule has 3 heteroatoms. The molecule has 0 aliphatic rings. The highest BCUT2D eigenvalue weighted by Gasteiger charge is 2.09. The highest BCUT2D eigenvalue weighted by molar-refractivity contribution is 5.08. The van der Waals surface area contributed by atoms with E-state index in [4.69, 9.17) is 4.84 Å². The number of aromatic nitrogens is 1. The van der Waals surface area contributed by atoms with Crippen molar-refractivity contribution in [2.24, 2.45) is 0 Å². The van der Waals surface area contributed by atoms with Gasteiger partial charge < -0.3 is 0 Å². The van der Waals surface area contributed by atoms with Crippen LogP contribution in [0.15, 0.2) is 24.5 Å². The van der Waals surface area contributed by atoms with Gasteiger partial charge in [-0.3, -0.25) is 9.82 Å². The van der Waals surface area contributed by atoms with E-state index in [0.29, 0.717) is 6.54 Å². The molecule has 0 spiro atoms. The zero-order chi connectivity index (χ0) is 9.73. The number of hydroxylamine groups is 1. The average molecular weight is 180 g/mol. The Labute approximate surface area is 79.1 Å². The highest BCUT2D eigenvalue weighted by atomic mass is 16.7. The molecule has 1 aromatic heterocycles. The minimum absolute atomic E-state index is 0.146. The minimum Gasteiger partial charge on any atom is -0.296 e. The van der Waals surface area contributed by atoms with Crippen molar-refractivity contribution in [3.63, 3.8) is 0 Å². The van der Waals surface area contributed by atoms with E-state index in [2.05, 4.69) is 10.5 Å². The first kappa shape index (κ1) is 10.2. The summed E-state index contributed by atoms with van der Waals surface area (Å²) in [4.78, 5) is 9.30. The van der Waals surface area contributed by atoms with Gasteiger partial charge in [-0.1, -0.05) is 0 Å². The van der Waals surface area contributed by atoms with Gasteiger partial charge in [-0.25, -0.2) is 0 Å². The smallest absolute Gasteiger partial charge is 0.0813 e. The summed E-state index contributed by atoms with van der Waals surface area (Å²) < 4.78 is 0. The lowest BCUT2D eigenvalue weighted by Gasteiger charge is -2.19. The number of rotatable bonds is 3. The Morgan fingerprint density at radius 2 is 1.92 bits per heavy atom. The van der Waals surface area contributed by atoms with Crippen LogP contribution in [0.1, 0.15) is 26.3 Å². The lowest BCUT2D eigenvalue weighted by Crippen LogP contribution is -2.28. The number of nitrogens with one attached hydrogen (secondary N) is 1. The van der Waals surface area contributed by atoms with Gasteiger partial charge in [0.05, 0.1) is 5.60 Å². The molecule has 1 aromatic rings. The van der Waals surface area contributed by atoms with E-state index in [1.54, 1.807) is 12.4 Å². The van der Waals surface area contributed by atoms with Crippen LogP contribution in [-0.4, -0.2) is 10.6 Å². The lowest BCUT2D eigenvalue weighted by molar-refractivity contribution is -0.0757. The summed E-state index contributed by atoms with van der Waals surface area (Å²) in [5, 5.41) is 0. The summed E-state index contributed by atoms with van der Waals surface area (Å²) in [5.41, 5.74) is 3.93. The molecule has 0 unspecified atom stereocenters. The van der Waals surface area contributed by atoms with E-state index in [9.17, 15) is 0 Å². The molecule has 0 aromatic carbocycles. The average Bonchev–Trinajstić information content (AvgIpc) is 2.04. The van der Waals surface area contributed by atoms with Gasteiger partial charge in [0.25, 0.3) is 0 Å². The number of pyridine rings is 1. The summed E-state index contributed by atoms with van der Waals surface area (Å²) in [6, 6.07) is 3.91. The zero-order valence-electron chi connectivity index (χ0n) is 8.37. The zero-order valence-corrected chi connectivity index (χ0v) is 8.37. The van der Waals surface area contributed by atoms with Crippen LogP contribution in [0.4, 0.5) is 0 Å². The molecular weight excluding hydrogens is 164 g/mol. The molecule has 1 rings (SSSR count). The topological polar surface area (TPSA) is 34.1 Å². The van der Waals surface area contributed by atoms with Crippen molar-refractivity contribution in [2.45, 2.75) is 32.9 Å². The fraction of sp³-hybridized carbons (Fsp3) is 0.500. The van der Waals surface area contributed by atoms with Crippen molar-refractivity contribution >= 4 is 0 Å². The Hall–Kier alpha value is -0.930. The Morgan fingerprint density at radius 1 is 1.31 bits per heavy atom. The van der Waals surface area contributed by atoms with Crippen LogP contribution in [0, 0.1) is 0 Å². The second kappa shape index (κ2) is 4.35. The van der Waals surface area contributed by atoms with Gasteiger partial charge in [-0.2, -0.15) is 5.48 Å². The highest BCUT2D eigenvalue weighted by Crippen LogP contribution is 2.04. The van der Waals surface area contributed by atoms with Gasteiger partial charge in [0.15, 0.2) is 0 Å². The van der Waals surface area contributed by atoms with Crippen LogP contribution in [0.3, 0.4) is 0 Å². The van der Waals surface area contributed by atoms with Gasteiger partial charge in [0.2, 0.25) is 0 Å². The number of hydrogen-bond acceptors (Lipinski definition) is 3. The third-order valence-electron chi connectivity index (χ3n) is 1.40. The maximum atomic E-state index is 5.36. The van der Waals surface area contributed by atoms with Crippen LogP contribution in [0.2, 0.25) is 0 Å². The molecule has 72 valence electrons. The quantitative estimate of drug-likeness (QED) is 0.721. The molecule has 1 heterocycles. The summed E-state index contributed by atoms with van der Waals surface area (Å²) >= 11 is 0. The lowest BCUT2D eigenvalue weighted by atomic mass is 10.2. The standard InChI is InChI=1S/C10H16N2O/c1-10(2,3)13-12-8-9-4-6-11-7-5-9/h4-7,12H,8H2,1-3H3. The molecule has 0 aliphatic carbocycles. The van der Waals surface area contributed by atoms with E-state index in [0.717, 1.165) is 0 Å². The van der Waals surface area contributed by atoms with Gasteiger partial charge in [-0.15, -0.1) is 0 Å². The van der Waals surface area contributed by atoms with Gasteiger partial charge in [-0.05, 0) is 38.5 Å². The first-order chi connectivity index (χ1) is 6.08. The molecule has 0 bridgehead atoms. The van der Waals surface area contributed by atoms with Crippen LogP contribution < -0.4 is 5.48 Å². The number of nitrogens with zero attached hydrogens (tertiary/aromatic N) is 1. The fourth-order valence-corrected chi connectivity index (χ4v) is 0.837. The van der Waals surface area contributed by atoms with E-state index < -0.39 is 0 Å². The number of hydrogen-bond donors (Lipinski definition) is 1. The Kier molecular flexibility index (Phi) is 3.39. The predicted octanol–water partition coefficient (Wildman–Crippen LogP) is 1.90. The minimum atomic E-state index is -0.146. The van der Waals surface area contributed by atoms with Gasteiger partial charge >= 0.3 is 0 Å². The van der Waals surface area contributed by atoms with E-state index >= 15 is 0 Å². The maximum absolute atomic E-state index is 5.36. The molecule has 1 N–H and O–H groups in total. The van der Waals surface area contributed by atoms with Crippen LogP contribution in [-0.2, 0) is 11.4 Å². The van der Waals surface area contributed by atoms with E-state index in [-0.39, 0.29) is 5.60 Å². The first-order valence-corrected chi connectivity index (χ1v) is 4.38. The van der Waals surface area contributed by atoms with Crippen LogP contribution >= 0.6 is 0 Å². The van der Waals surface area contributed by atoms with Crippen molar-refractivity contribution < 1.29 is 4.84 Å². The molecule has 3 nitrogen and oxygen atoms in total. The molecule has 0 amide bonds. The van der Waals surface area contributed by atoms with Crippen LogP contribution in [0.5, 0.6) is 0 Å². The maximum Gasteiger partial charge on any atom is 0.0813 e. The van der Waals surface area contributed by atoms with Crippen LogP contribution in [0.25, 0.3) is 0 Å². The monoisotopic (exact) mass is 180 g/mol. The molecule has 0 saturated heterocycles. The van der Waals surface area contributed by atoms with Gasteiger partial charge in [0, 0.05) is 18.9 Å². The van der Waals surface area contributed by atoms with Gasteiger partial charge in [0.1, 0.15) is 0 Å². The Bertz CT molecular complexity index is 241. The second-order valence-corrected chi connectivity index (χ2v) is 3.89. The SMILES string of the molecule is CC(C)(C)ONCc1ccncc1. The Morgan fingerprint density at radius 3 is 2.46 bits per heavy atom. The normalized spacial score (nSPS) is 11.6. The van der Waals surface area contributed by atoms with Crippen molar-refractivity contribution in [2.75, 3.05) is 0 Å². The third-order valence-corrected chi connectivity index (χ3v) is 1.40. The van der Waals surface area contributed by atoms with Crippen molar-refractivity contribution in [1.82, 2.24) is 10.5 Å². The predicted molar refractivity (Wildman–Crippen MR) is 51.9 cm³/mol. The molecule has 0 atom stereocenters. The van der Waals surface area contributed by atoms with Crippen molar-refractivity contribution in [3.05, 3.63) is 30.1 Å². The van der Waals surface area contributed by atoms with E-state index in [1.807, 2.05) is 32.9 Å². The molecule has 13 heavy (non-hydrogen) atoms. The second-order valence-electron chi connectivity index (χ2n) is 3.89. The molecule has 0 radical (unpaired) electrons. The largest absolute Gasteiger partial charge is 0.296 e.